The SMILES string of the molecule is C=C(/C=C\C)C(C)=IC. The standard InChI is InChI=1S/C8H13I/c1-5-6-7(2)8(3)9-4/h5-6H,2H2,1,3-4H3/b6-5-. The Bertz CT molecular complexity index is 152. The van der Waals surface area contributed by atoms with Gasteiger partial charge in [0.15, 0.2) is 0 Å². The van der Waals surface area contributed by atoms with Gasteiger partial charge in [0.2, 0.25) is 0 Å². The molecule has 52 valence electrons. The Kier molecular flexibility index (Phi) is 4.96. The monoisotopic (exact) mass is 236 g/mol. The van der Waals surface area contributed by atoms with Crippen LogP contribution in [-0.2, 0) is 0 Å². The molecule has 1 heteroatoms. The van der Waals surface area contributed by atoms with Crippen molar-refractivity contribution in [2.45, 2.75) is 13.8 Å². The predicted octanol–water partition coefficient (Wildman–Crippen LogP) is 2.91. The van der Waals surface area contributed by atoms with Gasteiger partial charge in [-0.15, -0.1) is 20.7 Å². The fourth-order valence-corrected chi connectivity index (χ4v) is 1.31. The average Bonchev–Trinajstić information content (AvgIpc) is 1.87. The smallest absolute Gasteiger partial charge is 0.0153 e. The molecule has 0 aliphatic heterocycles. The summed E-state index contributed by atoms with van der Waals surface area (Å²) in [5.74, 6) is 0. The van der Waals surface area contributed by atoms with E-state index in [0.29, 0.717) is 0 Å². The van der Waals surface area contributed by atoms with Crippen LogP contribution in [0.25, 0.3) is 0 Å². The van der Waals surface area contributed by atoms with E-state index >= 15 is 0 Å². The van der Waals surface area contributed by atoms with E-state index in [2.05, 4.69) is 24.5 Å². The van der Waals surface area contributed by atoms with Crippen LogP contribution in [0.5, 0.6) is 0 Å². The Morgan fingerprint density at radius 2 is 2.11 bits per heavy atom. The molecule has 0 aliphatic carbocycles. The predicted molar refractivity (Wildman–Crippen MR) is 54.6 cm³/mol. The van der Waals surface area contributed by atoms with Crippen LogP contribution in [0.15, 0.2) is 24.3 Å². The fraction of sp³-hybridized carbons (Fsp3) is 0.375. The summed E-state index contributed by atoms with van der Waals surface area (Å²) in [6.45, 7) is 8.10. The summed E-state index contributed by atoms with van der Waals surface area (Å²) in [6.07, 6.45) is 4.10. The first-order chi connectivity index (χ1) is 4.22. The first kappa shape index (κ1) is 9.08. The molecule has 0 atom stereocenters. The molecule has 0 fully saturated rings. The van der Waals surface area contributed by atoms with Crippen molar-refractivity contribution >= 4 is 24.2 Å². The van der Waals surface area contributed by atoms with E-state index < -0.39 is 0 Å². The maximum atomic E-state index is 3.92. The van der Waals surface area contributed by atoms with Crippen LogP contribution in [0, 0.1) is 0 Å². The van der Waals surface area contributed by atoms with Crippen molar-refractivity contribution < 1.29 is 0 Å². The number of hydrogen-bond donors (Lipinski definition) is 0. The van der Waals surface area contributed by atoms with Gasteiger partial charge in [0.1, 0.15) is 0 Å². The highest BCUT2D eigenvalue weighted by Crippen LogP contribution is 2.03. The zero-order valence-corrected chi connectivity index (χ0v) is 8.40. The van der Waals surface area contributed by atoms with Gasteiger partial charge in [-0.1, -0.05) is 18.7 Å². The molecule has 0 aromatic carbocycles. The molecular formula is C8H13I. The molecule has 0 amide bonds. The molecule has 0 saturated heterocycles. The summed E-state index contributed by atoms with van der Waals surface area (Å²) in [5.41, 5.74) is 1.20. The number of hydrogen-bond acceptors (Lipinski definition) is 0. The Labute approximate surface area is 67.4 Å². The minimum absolute atomic E-state index is 0.258. The van der Waals surface area contributed by atoms with Crippen molar-refractivity contribution in [3.8, 4) is 0 Å². The Morgan fingerprint density at radius 1 is 1.56 bits per heavy atom. The molecule has 0 nitrogen and oxygen atoms in total. The largest absolute Gasteiger partial charge is 0.122 e. The van der Waals surface area contributed by atoms with Crippen LogP contribution in [0.3, 0.4) is 0 Å². The van der Waals surface area contributed by atoms with Crippen LogP contribution in [0.2, 0.25) is 0 Å². The minimum atomic E-state index is 0.258. The second-order valence-electron chi connectivity index (χ2n) is 1.75. The highest BCUT2D eigenvalue weighted by atomic mass is 127. The molecule has 0 aliphatic rings. The van der Waals surface area contributed by atoms with Gasteiger partial charge in [0, 0.05) is 0 Å². The van der Waals surface area contributed by atoms with Crippen LogP contribution >= 0.6 is 20.7 Å². The molecular weight excluding hydrogens is 223 g/mol. The number of alkyl halides is 1. The summed E-state index contributed by atoms with van der Waals surface area (Å²) < 4.78 is 1.48. The summed E-state index contributed by atoms with van der Waals surface area (Å²) in [4.78, 5) is 2.25. The third-order valence-corrected chi connectivity index (χ3v) is 3.40. The van der Waals surface area contributed by atoms with E-state index in [0.717, 1.165) is 0 Å². The Balaban J connectivity index is 4.05. The maximum Gasteiger partial charge on any atom is -0.0153 e. The van der Waals surface area contributed by atoms with E-state index in [1.54, 1.807) is 0 Å². The van der Waals surface area contributed by atoms with Crippen LogP contribution in [0.1, 0.15) is 13.8 Å². The first-order valence-electron chi connectivity index (χ1n) is 2.87. The lowest BCUT2D eigenvalue weighted by Gasteiger charge is -1.94. The maximum absolute atomic E-state index is 3.92. The Hall–Kier alpha value is 0.0800. The van der Waals surface area contributed by atoms with Crippen LogP contribution in [-0.4, -0.2) is 8.44 Å². The van der Waals surface area contributed by atoms with E-state index in [1.165, 1.54) is 9.08 Å². The molecule has 0 bridgehead atoms. The molecule has 0 aromatic heterocycles. The second-order valence-corrected chi connectivity index (χ2v) is 4.44. The van der Waals surface area contributed by atoms with Gasteiger partial charge in [-0.05, 0) is 27.9 Å². The summed E-state index contributed by atoms with van der Waals surface area (Å²) >= 11 is 0.258. The molecule has 0 radical (unpaired) electrons. The molecule has 9 heavy (non-hydrogen) atoms. The lowest BCUT2D eigenvalue weighted by molar-refractivity contribution is 1.70. The zero-order chi connectivity index (χ0) is 7.28. The van der Waals surface area contributed by atoms with Crippen LogP contribution < -0.4 is 0 Å². The van der Waals surface area contributed by atoms with Crippen molar-refractivity contribution in [1.29, 1.82) is 0 Å². The van der Waals surface area contributed by atoms with Crippen molar-refractivity contribution in [3.05, 3.63) is 24.3 Å². The van der Waals surface area contributed by atoms with Crippen molar-refractivity contribution in [2.24, 2.45) is 0 Å². The summed E-state index contributed by atoms with van der Waals surface area (Å²) in [6, 6.07) is 0. The van der Waals surface area contributed by atoms with Gasteiger partial charge >= 0.3 is 0 Å². The highest BCUT2D eigenvalue weighted by Gasteiger charge is 1.87. The van der Waals surface area contributed by atoms with Crippen molar-refractivity contribution in [2.75, 3.05) is 4.93 Å². The van der Waals surface area contributed by atoms with Crippen LogP contribution in [0.4, 0.5) is 0 Å². The van der Waals surface area contributed by atoms with Crippen molar-refractivity contribution in [3.63, 3.8) is 0 Å². The van der Waals surface area contributed by atoms with E-state index in [9.17, 15) is 0 Å². The summed E-state index contributed by atoms with van der Waals surface area (Å²) in [5, 5.41) is 0. The number of rotatable bonds is 2. The molecule has 0 aromatic rings. The van der Waals surface area contributed by atoms with Crippen molar-refractivity contribution in [1.82, 2.24) is 0 Å². The lowest BCUT2D eigenvalue weighted by Crippen LogP contribution is -1.86. The minimum Gasteiger partial charge on any atom is -0.122 e. The fourth-order valence-electron chi connectivity index (χ4n) is 0.437. The molecule has 0 N–H and O–H groups in total. The molecule has 0 spiro atoms. The van der Waals surface area contributed by atoms with E-state index in [4.69, 9.17) is 0 Å². The zero-order valence-electron chi connectivity index (χ0n) is 6.24. The molecule has 0 saturated carbocycles. The topological polar surface area (TPSA) is 0 Å². The third-order valence-electron chi connectivity index (χ3n) is 1.09. The Morgan fingerprint density at radius 3 is 2.44 bits per heavy atom. The lowest BCUT2D eigenvalue weighted by atomic mass is 10.2. The van der Waals surface area contributed by atoms with E-state index in [1.807, 2.05) is 13.0 Å². The number of allylic oxidation sites excluding steroid dienone is 3. The first-order valence-corrected chi connectivity index (χ1v) is 6.11. The summed E-state index contributed by atoms with van der Waals surface area (Å²) in [7, 11) is 0. The number of halogens is 1. The van der Waals surface area contributed by atoms with Gasteiger partial charge in [-0.3, -0.25) is 0 Å². The van der Waals surface area contributed by atoms with Gasteiger partial charge < -0.3 is 0 Å². The molecule has 0 rings (SSSR count). The van der Waals surface area contributed by atoms with Gasteiger partial charge in [-0.2, -0.15) is 0 Å². The average molecular weight is 236 g/mol. The van der Waals surface area contributed by atoms with Gasteiger partial charge in [0.25, 0.3) is 0 Å². The second kappa shape index (κ2) is 4.91. The quantitative estimate of drug-likeness (QED) is 0.393. The third kappa shape index (κ3) is 3.62. The molecule has 0 heterocycles. The van der Waals surface area contributed by atoms with E-state index in [-0.39, 0.29) is 20.7 Å². The van der Waals surface area contributed by atoms with Gasteiger partial charge in [0.05, 0.1) is 0 Å². The van der Waals surface area contributed by atoms with Gasteiger partial charge in [-0.25, -0.2) is 0 Å². The molecule has 0 unspecified atom stereocenters. The normalized spacial score (nSPS) is 13.4. The highest BCUT2D eigenvalue weighted by molar-refractivity contribution is 14.2.